The van der Waals surface area contributed by atoms with Crippen LogP contribution >= 0.6 is 0 Å². The zero-order valence-corrected chi connectivity index (χ0v) is 15.9. The smallest absolute Gasteiger partial charge is 0.220 e. The van der Waals surface area contributed by atoms with Gasteiger partial charge in [0.05, 0.1) is 5.60 Å². The summed E-state index contributed by atoms with van der Waals surface area (Å²) >= 11 is 0. The molecule has 0 radical (unpaired) electrons. The molecule has 2 saturated heterocycles. The minimum atomic E-state index is -0.139. The first-order valence-electron chi connectivity index (χ1n) is 9.62. The number of guanidine groups is 1. The van der Waals surface area contributed by atoms with Crippen LogP contribution in [0.3, 0.4) is 0 Å². The average molecular weight is 354 g/mol. The predicted octanol–water partition coefficient (Wildman–Crippen LogP) is 0.698. The number of ether oxygens (including phenoxy) is 1. The number of nitrogens with two attached hydrogens (primary N) is 1. The molecule has 7 heteroatoms. The van der Waals surface area contributed by atoms with Crippen molar-refractivity contribution in [2.75, 3.05) is 46.4 Å². The Kier molecular flexibility index (Phi) is 7.96. The number of hydrogen-bond acceptors (Lipinski definition) is 4. The average Bonchev–Trinajstić information content (AvgIpc) is 3.04. The van der Waals surface area contributed by atoms with Gasteiger partial charge in [-0.15, -0.1) is 0 Å². The number of unbranched alkanes of at least 4 members (excludes halogenated alkanes) is 1. The lowest BCUT2D eigenvalue weighted by atomic mass is 9.96. The van der Waals surface area contributed by atoms with Gasteiger partial charge in [-0.2, -0.15) is 0 Å². The Morgan fingerprint density at radius 3 is 2.68 bits per heavy atom. The van der Waals surface area contributed by atoms with Gasteiger partial charge in [0.2, 0.25) is 5.91 Å². The highest BCUT2D eigenvalue weighted by atomic mass is 16.5. The molecule has 2 aliphatic heterocycles. The Bertz CT molecular complexity index is 441. The van der Waals surface area contributed by atoms with E-state index in [2.05, 4.69) is 27.4 Å². The SMILES string of the molecule is CN=C(NCCCCN1CCC(C(N)=O)CC1)NCC1(C)CCCO1. The summed E-state index contributed by atoms with van der Waals surface area (Å²) in [6.45, 7) is 7.79. The Labute approximate surface area is 151 Å². The maximum atomic E-state index is 11.2. The highest BCUT2D eigenvalue weighted by Crippen LogP contribution is 2.23. The number of primary amides is 1. The molecule has 0 aromatic heterocycles. The first-order chi connectivity index (χ1) is 12.0. The van der Waals surface area contributed by atoms with Gasteiger partial charge in [-0.25, -0.2) is 0 Å². The second kappa shape index (κ2) is 9.97. The van der Waals surface area contributed by atoms with Gasteiger partial charge in [-0.1, -0.05) is 0 Å². The first kappa shape index (κ1) is 20.0. The molecule has 0 aliphatic carbocycles. The van der Waals surface area contributed by atoms with E-state index in [1.165, 1.54) is 0 Å². The molecular formula is C18H35N5O2. The second-order valence-electron chi connectivity index (χ2n) is 7.48. The van der Waals surface area contributed by atoms with E-state index in [-0.39, 0.29) is 17.4 Å². The van der Waals surface area contributed by atoms with Crippen molar-refractivity contribution in [3.05, 3.63) is 0 Å². The topological polar surface area (TPSA) is 92.0 Å². The fourth-order valence-corrected chi connectivity index (χ4v) is 3.58. The molecule has 2 fully saturated rings. The molecule has 0 bridgehead atoms. The van der Waals surface area contributed by atoms with Gasteiger partial charge in [0, 0.05) is 32.7 Å². The number of amides is 1. The van der Waals surface area contributed by atoms with E-state index in [4.69, 9.17) is 10.5 Å². The molecule has 1 amide bonds. The van der Waals surface area contributed by atoms with Crippen molar-refractivity contribution in [3.63, 3.8) is 0 Å². The van der Waals surface area contributed by atoms with E-state index in [0.717, 1.165) is 83.8 Å². The molecule has 2 aliphatic rings. The molecule has 0 spiro atoms. The fourth-order valence-electron chi connectivity index (χ4n) is 3.58. The van der Waals surface area contributed by atoms with Crippen LogP contribution in [0, 0.1) is 5.92 Å². The van der Waals surface area contributed by atoms with Gasteiger partial charge in [0.25, 0.3) is 0 Å². The van der Waals surface area contributed by atoms with Crippen LogP contribution in [0.4, 0.5) is 0 Å². The number of aliphatic imine (C=N–C) groups is 1. The minimum absolute atomic E-state index is 0.0609. The summed E-state index contributed by atoms with van der Waals surface area (Å²) < 4.78 is 5.79. The summed E-state index contributed by atoms with van der Waals surface area (Å²) in [6, 6.07) is 0. The van der Waals surface area contributed by atoms with Crippen LogP contribution in [0.5, 0.6) is 0 Å². The summed E-state index contributed by atoms with van der Waals surface area (Å²) in [4.78, 5) is 17.9. The Morgan fingerprint density at radius 2 is 2.08 bits per heavy atom. The van der Waals surface area contributed by atoms with E-state index in [0.29, 0.717) is 0 Å². The van der Waals surface area contributed by atoms with Gasteiger partial charge in [0.1, 0.15) is 0 Å². The van der Waals surface area contributed by atoms with Gasteiger partial charge >= 0.3 is 0 Å². The Hall–Kier alpha value is -1.34. The lowest BCUT2D eigenvalue weighted by molar-refractivity contribution is -0.123. The third-order valence-electron chi connectivity index (χ3n) is 5.34. The molecule has 25 heavy (non-hydrogen) atoms. The number of nitrogens with zero attached hydrogens (tertiary/aromatic N) is 2. The molecule has 144 valence electrons. The number of rotatable bonds is 8. The van der Waals surface area contributed by atoms with E-state index in [9.17, 15) is 4.79 Å². The van der Waals surface area contributed by atoms with Crippen molar-refractivity contribution in [1.82, 2.24) is 15.5 Å². The van der Waals surface area contributed by atoms with E-state index < -0.39 is 0 Å². The third-order valence-corrected chi connectivity index (χ3v) is 5.34. The monoisotopic (exact) mass is 353 g/mol. The molecule has 4 N–H and O–H groups in total. The van der Waals surface area contributed by atoms with Crippen LogP contribution in [-0.4, -0.2) is 68.7 Å². The predicted molar refractivity (Wildman–Crippen MR) is 101 cm³/mol. The maximum Gasteiger partial charge on any atom is 0.220 e. The lowest BCUT2D eigenvalue weighted by Gasteiger charge is -2.30. The lowest BCUT2D eigenvalue weighted by Crippen LogP contribution is -2.45. The van der Waals surface area contributed by atoms with Crippen LogP contribution in [0.2, 0.25) is 0 Å². The van der Waals surface area contributed by atoms with Crippen LogP contribution in [0.15, 0.2) is 4.99 Å². The van der Waals surface area contributed by atoms with Crippen molar-refractivity contribution < 1.29 is 9.53 Å². The summed E-state index contributed by atoms with van der Waals surface area (Å²) in [7, 11) is 1.80. The molecule has 2 rings (SSSR count). The zero-order chi connectivity index (χ0) is 18.1. The van der Waals surface area contributed by atoms with Crippen LogP contribution in [-0.2, 0) is 9.53 Å². The largest absolute Gasteiger partial charge is 0.373 e. The third kappa shape index (κ3) is 6.82. The molecule has 0 aromatic carbocycles. The van der Waals surface area contributed by atoms with Crippen molar-refractivity contribution in [2.45, 2.75) is 51.0 Å². The number of hydrogen-bond donors (Lipinski definition) is 3. The fraction of sp³-hybridized carbons (Fsp3) is 0.889. The number of piperidine rings is 1. The molecular weight excluding hydrogens is 318 g/mol. The normalized spacial score (nSPS) is 25.9. The van der Waals surface area contributed by atoms with Crippen molar-refractivity contribution in [3.8, 4) is 0 Å². The maximum absolute atomic E-state index is 11.2. The molecule has 7 nitrogen and oxygen atoms in total. The minimum Gasteiger partial charge on any atom is -0.373 e. The number of carbonyl (C=O) groups excluding carboxylic acids is 1. The van der Waals surface area contributed by atoms with Crippen LogP contribution in [0.1, 0.15) is 45.4 Å². The van der Waals surface area contributed by atoms with Gasteiger partial charge in [0.15, 0.2) is 5.96 Å². The van der Waals surface area contributed by atoms with E-state index >= 15 is 0 Å². The van der Waals surface area contributed by atoms with Gasteiger partial charge in [-0.05, 0) is 65.1 Å². The van der Waals surface area contributed by atoms with Crippen LogP contribution < -0.4 is 16.4 Å². The van der Waals surface area contributed by atoms with Crippen LogP contribution in [0.25, 0.3) is 0 Å². The van der Waals surface area contributed by atoms with E-state index in [1.54, 1.807) is 7.05 Å². The molecule has 1 atom stereocenters. The number of nitrogens with one attached hydrogen (secondary N) is 2. The standard InChI is InChI=1S/C18H35N5O2/c1-18(8-5-13-25-18)14-22-17(20-2)21-9-3-4-10-23-11-6-15(7-12-23)16(19)24/h15H,3-14H2,1-2H3,(H2,19,24)(H2,20,21,22). The number of likely N-dealkylation sites (tertiary alicyclic amines) is 1. The second-order valence-corrected chi connectivity index (χ2v) is 7.48. The van der Waals surface area contributed by atoms with Crippen molar-refractivity contribution in [1.29, 1.82) is 0 Å². The Balaban J connectivity index is 1.52. The van der Waals surface area contributed by atoms with Crippen molar-refractivity contribution >= 4 is 11.9 Å². The summed E-state index contributed by atoms with van der Waals surface area (Å²) in [5.74, 6) is 0.789. The Morgan fingerprint density at radius 1 is 1.32 bits per heavy atom. The molecule has 0 aromatic rings. The highest BCUT2D eigenvalue weighted by Gasteiger charge is 2.29. The molecule has 1 unspecified atom stereocenters. The summed E-state index contributed by atoms with van der Waals surface area (Å²) in [6.07, 6.45) is 6.30. The van der Waals surface area contributed by atoms with Gasteiger partial charge in [-0.3, -0.25) is 9.79 Å². The van der Waals surface area contributed by atoms with E-state index in [1.807, 2.05) is 0 Å². The van der Waals surface area contributed by atoms with Gasteiger partial charge < -0.3 is 26.0 Å². The summed E-state index contributed by atoms with van der Waals surface area (Å²) in [5, 5.41) is 6.74. The first-order valence-corrected chi connectivity index (χ1v) is 9.62. The molecule has 2 heterocycles. The zero-order valence-electron chi connectivity index (χ0n) is 15.9. The quantitative estimate of drug-likeness (QED) is 0.339. The van der Waals surface area contributed by atoms with Crippen molar-refractivity contribution in [2.24, 2.45) is 16.6 Å². The summed E-state index contributed by atoms with van der Waals surface area (Å²) in [5.41, 5.74) is 5.31. The molecule has 0 saturated carbocycles. The number of carbonyl (C=O) groups is 1. The highest BCUT2D eigenvalue weighted by molar-refractivity contribution is 5.79.